The summed E-state index contributed by atoms with van der Waals surface area (Å²) in [6.45, 7) is 1.70. The summed E-state index contributed by atoms with van der Waals surface area (Å²) in [7, 11) is 0. The highest BCUT2D eigenvalue weighted by Crippen LogP contribution is 2.17. The van der Waals surface area contributed by atoms with Gasteiger partial charge in [0.05, 0.1) is 11.4 Å². The third-order valence-electron chi connectivity index (χ3n) is 4.05. The van der Waals surface area contributed by atoms with Crippen molar-refractivity contribution in [3.8, 4) is 11.6 Å². The summed E-state index contributed by atoms with van der Waals surface area (Å²) < 4.78 is 0.964. The molecule has 0 fully saturated rings. The minimum Gasteiger partial charge on any atom is -0.493 e. The van der Waals surface area contributed by atoms with Crippen molar-refractivity contribution >= 4 is 17.4 Å². The smallest absolute Gasteiger partial charge is 0.339 e. The van der Waals surface area contributed by atoms with Crippen molar-refractivity contribution in [1.82, 2.24) is 15.0 Å². The number of hydrazone groups is 1. The maximum atomic E-state index is 12.3. The summed E-state index contributed by atoms with van der Waals surface area (Å²) in [5.41, 5.74) is 1.56. The molecule has 2 aromatic carbocycles. The van der Waals surface area contributed by atoms with E-state index < -0.39 is 23.2 Å². The van der Waals surface area contributed by atoms with Crippen LogP contribution in [0.15, 0.2) is 75.4 Å². The standard InChI is InChI=1S/C20H19N5O4/c1-2-15(23-24-19(28)21-13-9-5-3-6-10-13)16-17(26)22-20(29)25(18(16)27)14-11-7-4-8-12-14/h3-12,27H,2H2,1H3,(H2,21,24,28)(H,22,26,29). The van der Waals surface area contributed by atoms with Crippen LogP contribution in [0, 0.1) is 0 Å². The van der Waals surface area contributed by atoms with Crippen molar-refractivity contribution in [3.05, 3.63) is 87.1 Å². The number of carbonyl (C=O) groups excluding carboxylic acids is 1. The fraction of sp³-hybridized carbons (Fsp3) is 0.100. The van der Waals surface area contributed by atoms with E-state index in [0.29, 0.717) is 11.4 Å². The molecule has 9 nitrogen and oxygen atoms in total. The Labute approximate surface area is 165 Å². The Morgan fingerprint density at radius 1 is 1.07 bits per heavy atom. The van der Waals surface area contributed by atoms with E-state index in [9.17, 15) is 19.5 Å². The van der Waals surface area contributed by atoms with Gasteiger partial charge in [-0.3, -0.25) is 9.78 Å². The number of carbonyl (C=O) groups is 1. The predicted molar refractivity (Wildman–Crippen MR) is 110 cm³/mol. The number of urea groups is 1. The third kappa shape index (κ3) is 4.41. The molecule has 0 aliphatic rings. The number of hydrogen-bond donors (Lipinski definition) is 4. The van der Waals surface area contributed by atoms with E-state index in [1.54, 1.807) is 61.5 Å². The molecule has 0 aliphatic heterocycles. The van der Waals surface area contributed by atoms with Crippen LogP contribution >= 0.6 is 0 Å². The first kappa shape index (κ1) is 19.6. The summed E-state index contributed by atoms with van der Waals surface area (Å²) in [4.78, 5) is 38.8. The Balaban J connectivity index is 1.95. The first-order chi connectivity index (χ1) is 14.0. The molecule has 9 heteroatoms. The molecule has 0 atom stereocenters. The molecule has 3 rings (SSSR count). The molecule has 148 valence electrons. The summed E-state index contributed by atoms with van der Waals surface area (Å²) in [5.74, 6) is -0.559. The number of anilines is 1. The number of aromatic amines is 1. The molecule has 0 bridgehead atoms. The van der Waals surface area contributed by atoms with Gasteiger partial charge in [-0.05, 0) is 30.7 Å². The number of rotatable bonds is 5. The molecule has 3 aromatic rings. The molecule has 0 aliphatic carbocycles. The number of nitrogens with zero attached hydrogens (tertiary/aromatic N) is 2. The average molecular weight is 393 g/mol. The zero-order valence-electron chi connectivity index (χ0n) is 15.5. The molecule has 29 heavy (non-hydrogen) atoms. The van der Waals surface area contributed by atoms with Gasteiger partial charge in [-0.2, -0.15) is 5.10 Å². The fourth-order valence-corrected chi connectivity index (χ4v) is 2.71. The Morgan fingerprint density at radius 3 is 2.31 bits per heavy atom. The first-order valence-corrected chi connectivity index (χ1v) is 8.84. The second-order valence-electron chi connectivity index (χ2n) is 5.97. The van der Waals surface area contributed by atoms with Crippen molar-refractivity contribution in [1.29, 1.82) is 0 Å². The van der Waals surface area contributed by atoms with E-state index in [2.05, 4.69) is 20.8 Å². The van der Waals surface area contributed by atoms with Crippen molar-refractivity contribution in [3.63, 3.8) is 0 Å². The molecule has 1 heterocycles. The lowest BCUT2D eigenvalue weighted by Gasteiger charge is -2.12. The van der Waals surface area contributed by atoms with E-state index in [-0.39, 0.29) is 17.7 Å². The minimum absolute atomic E-state index is 0.108. The van der Waals surface area contributed by atoms with Crippen LogP contribution in [0.4, 0.5) is 10.5 Å². The molecule has 1 aromatic heterocycles. The lowest BCUT2D eigenvalue weighted by molar-refractivity contribution is 0.252. The van der Waals surface area contributed by atoms with Crippen LogP contribution in [-0.4, -0.2) is 26.4 Å². The molecule has 0 saturated carbocycles. The molecular weight excluding hydrogens is 374 g/mol. The Morgan fingerprint density at radius 2 is 1.69 bits per heavy atom. The predicted octanol–water partition coefficient (Wildman–Crippen LogP) is 2.17. The summed E-state index contributed by atoms with van der Waals surface area (Å²) in [6, 6.07) is 16.5. The van der Waals surface area contributed by atoms with Crippen LogP contribution in [0.2, 0.25) is 0 Å². The lowest BCUT2D eigenvalue weighted by atomic mass is 10.1. The van der Waals surface area contributed by atoms with Gasteiger partial charge in [0.1, 0.15) is 5.56 Å². The number of amides is 2. The second-order valence-corrected chi connectivity index (χ2v) is 5.97. The maximum absolute atomic E-state index is 12.3. The van der Waals surface area contributed by atoms with Gasteiger partial charge in [0.2, 0.25) is 5.88 Å². The average Bonchev–Trinajstić information content (AvgIpc) is 2.71. The van der Waals surface area contributed by atoms with Crippen molar-refractivity contribution in [2.45, 2.75) is 13.3 Å². The number of hydrogen-bond acceptors (Lipinski definition) is 5. The van der Waals surface area contributed by atoms with Gasteiger partial charge >= 0.3 is 11.7 Å². The number of nitrogens with one attached hydrogen (secondary N) is 3. The van der Waals surface area contributed by atoms with Crippen molar-refractivity contribution in [2.75, 3.05) is 5.32 Å². The summed E-state index contributed by atoms with van der Waals surface area (Å²) in [6.07, 6.45) is 0.218. The van der Waals surface area contributed by atoms with Gasteiger partial charge in [-0.25, -0.2) is 19.6 Å². The van der Waals surface area contributed by atoms with Crippen LogP contribution in [0.25, 0.3) is 5.69 Å². The maximum Gasteiger partial charge on any atom is 0.339 e. The van der Waals surface area contributed by atoms with E-state index in [4.69, 9.17) is 0 Å². The van der Waals surface area contributed by atoms with Crippen molar-refractivity contribution in [2.24, 2.45) is 5.10 Å². The number of para-hydroxylation sites is 2. The Hall–Kier alpha value is -4.14. The van der Waals surface area contributed by atoms with Crippen molar-refractivity contribution < 1.29 is 9.90 Å². The Kier molecular flexibility index (Phi) is 5.88. The van der Waals surface area contributed by atoms with Gasteiger partial charge in [0.25, 0.3) is 5.56 Å². The topological polar surface area (TPSA) is 129 Å². The highest BCUT2D eigenvalue weighted by Gasteiger charge is 2.19. The van der Waals surface area contributed by atoms with Gasteiger partial charge in [-0.15, -0.1) is 0 Å². The monoisotopic (exact) mass is 393 g/mol. The summed E-state index contributed by atoms with van der Waals surface area (Å²) >= 11 is 0. The van der Waals surface area contributed by atoms with Gasteiger partial charge in [0, 0.05) is 5.69 Å². The SMILES string of the molecule is CCC(=NNC(=O)Nc1ccccc1)c1c(O)n(-c2ccccc2)c(=O)[nH]c1=O. The molecular formula is C20H19N5O4. The number of benzene rings is 2. The van der Waals surface area contributed by atoms with E-state index in [0.717, 1.165) is 4.57 Å². The number of H-pyrrole nitrogens is 1. The molecule has 0 radical (unpaired) electrons. The minimum atomic E-state index is -0.800. The molecule has 2 amide bonds. The first-order valence-electron chi connectivity index (χ1n) is 8.84. The zero-order valence-corrected chi connectivity index (χ0v) is 15.5. The molecule has 0 saturated heterocycles. The quantitative estimate of drug-likeness (QED) is 0.391. The third-order valence-corrected chi connectivity index (χ3v) is 4.05. The van der Waals surface area contributed by atoms with Gasteiger partial charge in [0.15, 0.2) is 0 Å². The van der Waals surface area contributed by atoms with E-state index in [1.165, 1.54) is 0 Å². The number of aromatic nitrogens is 2. The van der Waals surface area contributed by atoms with Crippen LogP contribution in [0.1, 0.15) is 18.9 Å². The highest BCUT2D eigenvalue weighted by molar-refractivity contribution is 6.02. The van der Waals surface area contributed by atoms with Crippen LogP contribution in [0.5, 0.6) is 5.88 Å². The van der Waals surface area contributed by atoms with E-state index >= 15 is 0 Å². The zero-order chi connectivity index (χ0) is 20.8. The Bertz CT molecular complexity index is 1150. The molecule has 0 spiro atoms. The number of aromatic hydroxyl groups is 1. The lowest BCUT2D eigenvalue weighted by Crippen LogP contribution is -2.34. The van der Waals surface area contributed by atoms with Crippen LogP contribution in [0.3, 0.4) is 0 Å². The van der Waals surface area contributed by atoms with Gasteiger partial charge < -0.3 is 10.4 Å². The fourth-order valence-electron chi connectivity index (χ4n) is 2.71. The van der Waals surface area contributed by atoms with E-state index in [1.807, 2.05) is 6.07 Å². The molecule has 4 N–H and O–H groups in total. The van der Waals surface area contributed by atoms with Gasteiger partial charge in [-0.1, -0.05) is 43.3 Å². The second kappa shape index (κ2) is 8.70. The molecule has 0 unspecified atom stereocenters. The van der Waals surface area contributed by atoms with Crippen LogP contribution in [-0.2, 0) is 0 Å². The summed E-state index contributed by atoms with van der Waals surface area (Å²) in [5, 5.41) is 17.2. The highest BCUT2D eigenvalue weighted by atomic mass is 16.3. The largest absolute Gasteiger partial charge is 0.493 e. The van der Waals surface area contributed by atoms with Crippen LogP contribution < -0.4 is 22.0 Å². The normalized spacial score (nSPS) is 11.1.